The molecule has 3 aromatic heterocycles. The van der Waals surface area contributed by atoms with Crippen LogP contribution in [-0.4, -0.2) is 48.3 Å². The van der Waals surface area contributed by atoms with E-state index in [2.05, 4.69) is 10.1 Å². The number of pyridine rings is 1. The number of amides is 1. The molecular formula is C18H19N3O4. The van der Waals surface area contributed by atoms with Crippen molar-refractivity contribution in [3.63, 3.8) is 0 Å². The number of aromatic nitrogens is 2. The lowest BCUT2D eigenvalue weighted by molar-refractivity contribution is 0.0746. The standard InChI is InChI=1S/C18H19N3O4/c1-21(7-9-23-2)18(22)12-10-13(11-5-6-11)19-17-15(12)16(20-25-17)14-4-3-8-24-14/h3-4,8,10-11H,5-7,9H2,1-2H3. The maximum Gasteiger partial charge on any atom is 0.259 e. The maximum atomic E-state index is 13.0. The van der Waals surface area contributed by atoms with Crippen molar-refractivity contribution in [1.29, 1.82) is 0 Å². The highest BCUT2D eigenvalue weighted by Crippen LogP contribution is 2.41. The van der Waals surface area contributed by atoms with E-state index in [0.717, 1.165) is 18.5 Å². The predicted octanol–water partition coefficient (Wildman–Crippen LogP) is 3.08. The van der Waals surface area contributed by atoms with Crippen LogP contribution < -0.4 is 0 Å². The molecular weight excluding hydrogens is 322 g/mol. The van der Waals surface area contributed by atoms with E-state index >= 15 is 0 Å². The number of ether oxygens (including phenoxy) is 1. The lowest BCUT2D eigenvalue weighted by Gasteiger charge is -2.17. The molecule has 130 valence electrons. The van der Waals surface area contributed by atoms with Crippen LogP contribution in [0.3, 0.4) is 0 Å². The first kappa shape index (κ1) is 15.8. The van der Waals surface area contributed by atoms with Gasteiger partial charge in [0.25, 0.3) is 11.6 Å². The molecule has 1 saturated carbocycles. The number of methoxy groups -OCH3 is 1. The van der Waals surface area contributed by atoms with Crippen molar-refractivity contribution in [3.05, 3.63) is 35.7 Å². The number of nitrogens with zero attached hydrogens (tertiary/aromatic N) is 3. The summed E-state index contributed by atoms with van der Waals surface area (Å²) in [5.41, 5.74) is 2.30. The third-order valence-corrected chi connectivity index (χ3v) is 4.42. The quantitative estimate of drug-likeness (QED) is 0.685. The third-order valence-electron chi connectivity index (χ3n) is 4.42. The average Bonchev–Trinajstić information content (AvgIpc) is 3.17. The van der Waals surface area contributed by atoms with Crippen molar-refractivity contribution in [2.45, 2.75) is 18.8 Å². The molecule has 25 heavy (non-hydrogen) atoms. The highest BCUT2D eigenvalue weighted by molar-refractivity contribution is 6.09. The third kappa shape index (κ3) is 2.91. The Labute approximate surface area is 144 Å². The molecule has 0 unspecified atom stereocenters. The van der Waals surface area contributed by atoms with E-state index in [0.29, 0.717) is 47.2 Å². The van der Waals surface area contributed by atoms with Gasteiger partial charge in [0.2, 0.25) is 0 Å². The van der Waals surface area contributed by atoms with E-state index in [-0.39, 0.29) is 5.91 Å². The Bertz CT molecular complexity index is 897. The van der Waals surface area contributed by atoms with Crippen LogP contribution in [0.4, 0.5) is 0 Å². The molecule has 0 N–H and O–H groups in total. The topological polar surface area (TPSA) is 81.6 Å². The molecule has 3 heterocycles. The van der Waals surface area contributed by atoms with Gasteiger partial charge in [-0.25, -0.2) is 4.98 Å². The first-order valence-corrected chi connectivity index (χ1v) is 8.27. The number of carbonyl (C=O) groups excluding carboxylic acids is 1. The second-order valence-corrected chi connectivity index (χ2v) is 6.28. The van der Waals surface area contributed by atoms with Gasteiger partial charge in [-0.1, -0.05) is 5.16 Å². The van der Waals surface area contributed by atoms with Crippen molar-refractivity contribution in [2.24, 2.45) is 0 Å². The van der Waals surface area contributed by atoms with E-state index in [9.17, 15) is 4.79 Å². The molecule has 0 spiro atoms. The van der Waals surface area contributed by atoms with Gasteiger partial charge in [-0.3, -0.25) is 4.79 Å². The minimum absolute atomic E-state index is 0.109. The summed E-state index contributed by atoms with van der Waals surface area (Å²) in [7, 11) is 3.37. The summed E-state index contributed by atoms with van der Waals surface area (Å²) in [6.45, 7) is 0.972. The first-order valence-electron chi connectivity index (χ1n) is 8.27. The zero-order chi connectivity index (χ0) is 17.4. The first-order chi connectivity index (χ1) is 12.2. The van der Waals surface area contributed by atoms with Crippen LogP contribution in [-0.2, 0) is 4.74 Å². The van der Waals surface area contributed by atoms with E-state index in [1.807, 2.05) is 6.07 Å². The lowest BCUT2D eigenvalue weighted by Crippen LogP contribution is -2.30. The Balaban J connectivity index is 1.84. The summed E-state index contributed by atoms with van der Waals surface area (Å²) < 4.78 is 15.9. The van der Waals surface area contributed by atoms with Crippen molar-refractivity contribution >= 4 is 17.0 Å². The smallest absolute Gasteiger partial charge is 0.259 e. The molecule has 0 aromatic carbocycles. The molecule has 0 radical (unpaired) electrons. The van der Waals surface area contributed by atoms with Gasteiger partial charge in [-0.15, -0.1) is 0 Å². The van der Waals surface area contributed by atoms with Crippen LogP contribution in [0.5, 0.6) is 0 Å². The van der Waals surface area contributed by atoms with Gasteiger partial charge in [0.15, 0.2) is 11.5 Å². The summed E-state index contributed by atoms with van der Waals surface area (Å²) in [6, 6.07) is 5.43. The van der Waals surface area contributed by atoms with Crippen molar-refractivity contribution in [2.75, 3.05) is 27.3 Å². The maximum absolute atomic E-state index is 13.0. The minimum Gasteiger partial charge on any atom is -0.463 e. The van der Waals surface area contributed by atoms with Crippen LogP contribution in [0.15, 0.2) is 33.4 Å². The normalized spacial score (nSPS) is 14.2. The molecule has 7 nitrogen and oxygen atoms in total. The molecule has 1 fully saturated rings. The molecule has 0 saturated heterocycles. The Morgan fingerprint density at radius 3 is 2.96 bits per heavy atom. The lowest BCUT2D eigenvalue weighted by atomic mass is 10.1. The zero-order valence-corrected chi connectivity index (χ0v) is 14.2. The van der Waals surface area contributed by atoms with Crippen LogP contribution in [0, 0.1) is 0 Å². The van der Waals surface area contributed by atoms with Gasteiger partial charge in [0, 0.05) is 32.3 Å². The second-order valence-electron chi connectivity index (χ2n) is 6.28. The summed E-state index contributed by atoms with van der Waals surface area (Å²) >= 11 is 0. The van der Waals surface area contributed by atoms with E-state index in [1.165, 1.54) is 0 Å². The predicted molar refractivity (Wildman–Crippen MR) is 90.3 cm³/mol. The molecule has 3 aromatic rings. The van der Waals surface area contributed by atoms with Crippen LogP contribution in [0.2, 0.25) is 0 Å². The van der Waals surface area contributed by atoms with E-state index in [1.54, 1.807) is 37.5 Å². The van der Waals surface area contributed by atoms with E-state index < -0.39 is 0 Å². The van der Waals surface area contributed by atoms with Gasteiger partial charge in [-0.05, 0) is 31.0 Å². The van der Waals surface area contributed by atoms with Crippen LogP contribution >= 0.6 is 0 Å². The van der Waals surface area contributed by atoms with Crippen molar-refractivity contribution in [3.8, 4) is 11.5 Å². The number of likely N-dealkylation sites (N-methyl/N-ethyl adjacent to an activating group) is 1. The highest BCUT2D eigenvalue weighted by atomic mass is 16.5. The Morgan fingerprint density at radius 1 is 1.44 bits per heavy atom. The van der Waals surface area contributed by atoms with Gasteiger partial charge < -0.3 is 18.6 Å². The molecule has 0 aliphatic heterocycles. The molecule has 1 aliphatic rings. The zero-order valence-electron chi connectivity index (χ0n) is 14.2. The van der Waals surface area contributed by atoms with Crippen LogP contribution in [0.1, 0.15) is 34.8 Å². The second kappa shape index (κ2) is 6.33. The number of carbonyl (C=O) groups is 1. The number of fused-ring (bicyclic) bond motifs is 1. The molecule has 0 bridgehead atoms. The SMILES string of the molecule is COCCN(C)C(=O)c1cc(C2CC2)nc2onc(-c3ccco3)c12. The molecule has 1 aliphatic carbocycles. The Kier molecular flexibility index (Phi) is 4.01. The summed E-state index contributed by atoms with van der Waals surface area (Å²) in [4.78, 5) is 19.2. The van der Waals surface area contributed by atoms with Gasteiger partial charge in [0.05, 0.1) is 23.8 Å². The average molecular weight is 341 g/mol. The summed E-state index contributed by atoms with van der Waals surface area (Å²) in [5.74, 6) is 0.841. The van der Waals surface area contributed by atoms with Gasteiger partial charge in [-0.2, -0.15) is 0 Å². The molecule has 4 rings (SSSR count). The highest BCUT2D eigenvalue weighted by Gasteiger charge is 2.30. The molecule has 1 amide bonds. The van der Waals surface area contributed by atoms with Crippen molar-refractivity contribution < 1.29 is 18.5 Å². The largest absolute Gasteiger partial charge is 0.463 e. The number of hydrogen-bond donors (Lipinski definition) is 0. The number of rotatable bonds is 6. The number of furan rings is 1. The van der Waals surface area contributed by atoms with Crippen molar-refractivity contribution in [1.82, 2.24) is 15.0 Å². The Hall–Kier alpha value is -2.67. The fraction of sp³-hybridized carbons (Fsp3) is 0.389. The fourth-order valence-electron chi connectivity index (χ4n) is 2.84. The molecule has 7 heteroatoms. The minimum atomic E-state index is -0.109. The van der Waals surface area contributed by atoms with Crippen LogP contribution in [0.25, 0.3) is 22.6 Å². The molecule has 0 atom stereocenters. The Morgan fingerprint density at radius 2 is 2.28 bits per heavy atom. The number of hydrogen-bond acceptors (Lipinski definition) is 6. The van der Waals surface area contributed by atoms with Gasteiger partial charge in [0.1, 0.15) is 0 Å². The van der Waals surface area contributed by atoms with Gasteiger partial charge >= 0.3 is 0 Å². The summed E-state index contributed by atoms with van der Waals surface area (Å²) in [5, 5.41) is 4.69. The fourth-order valence-corrected chi connectivity index (χ4v) is 2.84. The monoisotopic (exact) mass is 341 g/mol. The summed E-state index contributed by atoms with van der Waals surface area (Å²) in [6.07, 6.45) is 3.74. The van der Waals surface area contributed by atoms with E-state index in [4.69, 9.17) is 13.7 Å².